The molecule has 0 radical (unpaired) electrons. The van der Waals surface area contributed by atoms with Crippen LogP contribution in [0, 0.1) is 6.92 Å². The molecular formula is C23H24N6OS2. The van der Waals surface area contributed by atoms with Crippen LogP contribution in [0.1, 0.15) is 20.9 Å². The Morgan fingerprint density at radius 2 is 1.91 bits per heavy atom. The molecule has 0 unspecified atom stereocenters. The van der Waals surface area contributed by atoms with Crippen LogP contribution in [-0.4, -0.2) is 57.5 Å². The first-order valence-corrected chi connectivity index (χ1v) is 12.2. The monoisotopic (exact) mass is 464 g/mol. The number of carbonyl (C=O) groups is 1. The molecule has 32 heavy (non-hydrogen) atoms. The molecule has 0 bridgehead atoms. The molecule has 2 aromatic heterocycles. The highest BCUT2D eigenvalue weighted by Crippen LogP contribution is 2.29. The highest BCUT2D eigenvalue weighted by molar-refractivity contribution is 7.13. The van der Waals surface area contributed by atoms with Crippen molar-refractivity contribution in [3.05, 3.63) is 64.7 Å². The number of aromatic nitrogens is 3. The highest BCUT2D eigenvalue weighted by Gasteiger charge is 2.20. The molecule has 1 N–H and O–H groups in total. The largest absolute Gasteiger partial charge is 0.353 e. The quantitative estimate of drug-likeness (QED) is 0.464. The summed E-state index contributed by atoms with van der Waals surface area (Å²) in [6, 6.07) is 16.5. The van der Waals surface area contributed by atoms with Crippen LogP contribution >= 0.6 is 23.1 Å². The summed E-state index contributed by atoms with van der Waals surface area (Å²) in [4.78, 5) is 17.9. The second-order valence-corrected chi connectivity index (χ2v) is 9.48. The molecule has 4 aromatic rings. The minimum Gasteiger partial charge on any atom is -0.353 e. The number of nitrogens with zero attached hydrogens (tertiary/aromatic N) is 5. The Bertz CT molecular complexity index is 1230. The van der Waals surface area contributed by atoms with E-state index in [4.69, 9.17) is 4.37 Å². The van der Waals surface area contributed by atoms with Gasteiger partial charge in [0.05, 0.1) is 10.4 Å². The van der Waals surface area contributed by atoms with Gasteiger partial charge in [-0.3, -0.25) is 9.69 Å². The van der Waals surface area contributed by atoms with Crippen LogP contribution in [0.25, 0.3) is 10.1 Å². The van der Waals surface area contributed by atoms with Gasteiger partial charge in [0.15, 0.2) is 0 Å². The maximum Gasteiger partial charge on any atom is 0.269 e. The number of benzene rings is 2. The first kappa shape index (κ1) is 21.0. The number of hydrogen-bond donors (Lipinski definition) is 1. The summed E-state index contributed by atoms with van der Waals surface area (Å²) in [5, 5.41) is 8.13. The van der Waals surface area contributed by atoms with Crippen molar-refractivity contribution >= 4 is 50.6 Å². The Morgan fingerprint density at radius 1 is 1.06 bits per heavy atom. The van der Waals surface area contributed by atoms with Crippen molar-refractivity contribution in [2.24, 2.45) is 0 Å². The Kier molecular flexibility index (Phi) is 6.11. The molecular weight excluding hydrogens is 440 g/mol. The van der Waals surface area contributed by atoms with E-state index in [1.54, 1.807) is 18.5 Å². The summed E-state index contributed by atoms with van der Waals surface area (Å²) >= 11 is 2.70. The fraction of sp³-hybridized carbons (Fsp3) is 0.304. The van der Waals surface area contributed by atoms with Gasteiger partial charge in [0.2, 0.25) is 0 Å². The molecule has 164 valence electrons. The number of carbonyl (C=O) groups excluding carboxylic acids is 1. The number of fused-ring (bicyclic) bond motifs is 1. The van der Waals surface area contributed by atoms with Crippen molar-refractivity contribution in [1.82, 2.24) is 18.9 Å². The van der Waals surface area contributed by atoms with Gasteiger partial charge in [-0.25, -0.2) is 0 Å². The van der Waals surface area contributed by atoms with Gasteiger partial charge >= 0.3 is 0 Å². The van der Waals surface area contributed by atoms with Crippen LogP contribution in [0.3, 0.4) is 0 Å². The fourth-order valence-corrected chi connectivity index (χ4v) is 5.35. The lowest BCUT2D eigenvalue weighted by molar-refractivity contribution is 0.103. The molecule has 1 aliphatic rings. The van der Waals surface area contributed by atoms with E-state index in [9.17, 15) is 4.79 Å². The van der Waals surface area contributed by atoms with Crippen molar-refractivity contribution < 1.29 is 4.79 Å². The van der Waals surface area contributed by atoms with Crippen molar-refractivity contribution in [3.63, 3.8) is 0 Å². The molecule has 1 saturated heterocycles. The summed E-state index contributed by atoms with van der Waals surface area (Å²) in [6.07, 6.45) is 0.949. The van der Waals surface area contributed by atoms with E-state index in [0.717, 1.165) is 62.2 Å². The number of piperazine rings is 1. The van der Waals surface area contributed by atoms with Crippen LogP contribution in [0.2, 0.25) is 0 Å². The van der Waals surface area contributed by atoms with Gasteiger partial charge in [-0.05, 0) is 66.2 Å². The Labute approximate surface area is 195 Å². The lowest BCUT2D eigenvalue weighted by atomic mass is 10.1. The summed E-state index contributed by atoms with van der Waals surface area (Å²) in [5.41, 5.74) is 2.68. The van der Waals surface area contributed by atoms with Crippen LogP contribution < -0.4 is 10.2 Å². The molecule has 2 aromatic carbocycles. The Balaban J connectivity index is 1.14. The molecule has 1 aliphatic heterocycles. The van der Waals surface area contributed by atoms with Gasteiger partial charge in [0.1, 0.15) is 10.7 Å². The highest BCUT2D eigenvalue weighted by atomic mass is 32.1. The number of amides is 1. The minimum atomic E-state index is -0.152. The summed E-state index contributed by atoms with van der Waals surface area (Å²) < 4.78 is 9.79. The van der Waals surface area contributed by atoms with E-state index < -0.39 is 0 Å². The average Bonchev–Trinajstić information content (AvgIpc) is 3.45. The predicted molar refractivity (Wildman–Crippen MR) is 131 cm³/mol. The van der Waals surface area contributed by atoms with E-state index in [2.05, 4.69) is 61.1 Å². The molecule has 0 saturated carbocycles. The van der Waals surface area contributed by atoms with E-state index >= 15 is 0 Å². The SMILES string of the molecule is Cc1nnsc1C(=O)Nc1cccc(CCN2CCN(c3nsc4ccccc34)CC2)c1. The number of hydrogen-bond acceptors (Lipinski definition) is 8. The Morgan fingerprint density at radius 3 is 2.72 bits per heavy atom. The number of aryl methyl sites for hydroxylation is 1. The molecule has 0 aliphatic carbocycles. The second-order valence-electron chi connectivity index (χ2n) is 7.92. The van der Waals surface area contributed by atoms with Crippen LogP contribution in [-0.2, 0) is 6.42 Å². The van der Waals surface area contributed by atoms with Crippen molar-refractivity contribution in [2.45, 2.75) is 13.3 Å². The summed E-state index contributed by atoms with van der Waals surface area (Å²) in [6.45, 7) is 6.84. The third-order valence-corrected chi connectivity index (χ3v) is 7.43. The fourth-order valence-electron chi connectivity index (χ4n) is 4.00. The van der Waals surface area contributed by atoms with Crippen molar-refractivity contribution in [1.29, 1.82) is 0 Å². The summed E-state index contributed by atoms with van der Waals surface area (Å²) in [5.74, 6) is 0.973. The van der Waals surface area contributed by atoms with Gasteiger partial charge in [0, 0.05) is 43.8 Å². The second kappa shape index (κ2) is 9.32. The number of rotatable bonds is 6. The first-order valence-electron chi connectivity index (χ1n) is 10.7. The van der Waals surface area contributed by atoms with Gasteiger partial charge in [-0.15, -0.1) is 5.10 Å². The van der Waals surface area contributed by atoms with Crippen LogP contribution in [0.4, 0.5) is 11.5 Å². The predicted octanol–water partition coefficient (Wildman–Crippen LogP) is 4.07. The van der Waals surface area contributed by atoms with Crippen molar-refractivity contribution in [2.75, 3.05) is 42.9 Å². The van der Waals surface area contributed by atoms with Gasteiger partial charge in [-0.2, -0.15) is 4.37 Å². The first-order chi connectivity index (χ1) is 15.7. The topological polar surface area (TPSA) is 74.2 Å². The molecule has 1 fully saturated rings. The molecule has 7 nitrogen and oxygen atoms in total. The molecule has 9 heteroatoms. The molecule has 1 amide bonds. The maximum absolute atomic E-state index is 12.4. The zero-order chi connectivity index (χ0) is 21.9. The molecule has 3 heterocycles. The van der Waals surface area contributed by atoms with E-state index in [0.29, 0.717) is 10.6 Å². The van der Waals surface area contributed by atoms with E-state index in [-0.39, 0.29) is 5.91 Å². The molecule has 0 atom stereocenters. The smallest absolute Gasteiger partial charge is 0.269 e. The van der Waals surface area contributed by atoms with E-state index in [1.165, 1.54) is 15.6 Å². The zero-order valence-electron chi connectivity index (χ0n) is 17.8. The number of nitrogens with one attached hydrogen (secondary N) is 1. The van der Waals surface area contributed by atoms with Gasteiger partial charge < -0.3 is 10.2 Å². The van der Waals surface area contributed by atoms with Crippen LogP contribution in [0.15, 0.2) is 48.5 Å². The molecule has 5 rings (SSSR count). The normalized spacial score (nSPS) is 14.7. The third-order valence-electron chi connectivity index (χ3n) is 5.79. The van der Waals surface area contributed by atoms with Crippen molar-refractivity contribution in [3.8, 4) is 0 Å². The van der Waals surface area contributed by atoms with Gasteiger partial charge in [-0.1, -0.05) is 28.8 Å². The van der Waals surface area contributed by atoms with Gasteiger partial charge in [0.25, 0.3) is 5.91 Å². The maximum atomic E-state index is 12.4. The summed E-state index contributed by atoms with van der Waals surface area (Å²) in [7, 11) is 0. The van der Waals surface area contributed by atoms with Crippen LogP contribution in [0.5, 0.6) is 0 Å². The van der Waals surface area contributed by atoms with E-state index in [1.807, 2.05) is 12.1 Å². The zero-order valence-corrected chi connectivity index (χ0v) is 19.5. The average molecular weight is 465 g/mol. The Hall–Kier alpha value is -2.88. The minimum absolute atomic E-state index is 0.152. The number of anilines is 2. The lowest BCUT2D eigenvalue weighted by Crippen LogP contribution is -2.47. The molecule has 0 spiro atoms. The third kappa shape index (κ3) is 4.50. The lowest BCUT2D eigenvalue weighted by Gasteiger charge is -2.35. The standard InChI is InChI=1S/C23H24N6OS2/c1-16-21(32-27-25-16)23(30)24-18-6-4-5-17(15-18)9-10-28-11-13-29(14-12-28)22-19-7-2-3-8-20(19)31-26-22/h2-8,15H,9-14H2,1H3,(H,24,30).